The Morgan fingerprint density at radius 3 is 2.56 bits per heavy atom. The summed E-state index contributed by atoms with van der Waals surface area (Å²) in [4.78, 5) is 16.4. The molecule has 0 amide bonds. The maximum absolute atomic E-state index is 11.7. The van der Waals surface area contributed by atoms with Gasteiger partial charge in [-0.3, -0.25) is 0 Å². The zero-order valence-electron chi connectivity index (χ0n) is 14.8. The lowest BCUT2D eigenvalue weighted by molar-refractivity contribution is -0.109. The van der Waals surface area contributed by atoms with E-state index in [-0.39, 0.29) is 11.8 Å². The quantitative estimate of drug-likeness (QED) is 0.564. The van der Waals surface area contributed by atoms with Crippen LogP contribution in [0.15, 0.2) is 66.7 Å². The predicted octanol–water partition coefficient (Wildman–Crippen LogP) is 5.33. The highest BCUT2D eigenvalue weighted by atomic mass is 35.5. The molecule has 2 unspecified atom stereocenters. The van der Waals surface area contributed by atoms with Crippen molar-refractivity contribution in [3.05, 3.63) is 94.1 Å². The molecule has 0 aliphatic heterocycles. The number of halogens is 1. The molecule has 1 heterocycles. The van der Waals surface area contributed by atoms with E-state index in [0.717, 1.165) is 41.0 Å². The fourth-order valence-corrected chi connectivity index (χ4v) is 3.80. The SMILES string of the molecule is O=CC1CC(c2ccc(Cl)cc2)Cc2nc(OCc3ccccc3)ccc21. The smallest absolute Gasteiger partial charge is 0.213 e. The highest BCUT2D eigenvalue weighted by Crippen LogP contribution is 2.39. The van der Waals surface area contributed by atoms with Gasteiger partial charge in [-0.1, -0.05) is 60.1 Å². The molecule has 27 heavy (non-hydrogen) atoms. The molecule has 0 saturated carbocycles. The van der Waals surface area contributed by atoms with E-state index in [1.165, 1.54) is 5.56 Å². The molecule has 2 aromatic carbocycles. The van der Waals surface area contributed by atoms with E-state index in [1.54, 1.807) is 0 Å². The summed E-state index contributed by atoms with van der Waals surface area (Å²) >= 11 is 6.01. The van der Waals surface area contributed by atoms with Crippen LogP contribution in [-0.4, -0.2) is 11.3 Å². The molecule has 136 valence electrons. The fourth-order valence-electron chi connectivity index (χ4n) is 3.67. The van der Waals surface area contributed by atoms with Crippen LogP contribution in [0.5, 0.6) is 5.88 Å². The zero-order chi connectivity index (χ0) is 18.6. The molecule has 0 saturated heterocycles. The summed E-state index contributed by atoms with van der Waals surface area (Å²) in [7, 11) is 0. The van der Waals surface area contributed by atoms with E-state index in [4.69, 9.17) is 21.3 Å². The first-order valence-corrected chi connectivity index (χ1v) is 9.48. The molecule has 0 bridgehead atoms. The van der Waals surface area contributed by atoms with Crippen molar-refractivity contribution < 1.29 is 9.53 Å². The maximum Gasteiger partial charge on any atom is 0.213 e. The lowest BCUT2D eigenvalue weighted by Gasteiger charge is -2.28. The molecule has 4 rings (SSSR count). The molecule has 1 aliphatic rings. The van der Waals surface area contributed by atoms with Crippen molar-refractivity contribution in [3.8, 4) is 5.88 Å². The van der Waals surface area contributed by atoms with Crippen LogP contribution in [0.2, 0.25) is 5.02 Å². The standard InChI is InChI=1S/C23H20ClNO2/c24-20-8-6-17(7-9-20)18-12-19(14-26)21-10-11-23(25-22(21)13-18)27-15-16-4-2-1-3-5-16/h1-11,14,18-19H,12-13,15H2. The van der Waals surface area contributed by atoms with Gasteiger partial charge in [0.15, 0.2) is 0 Å². The van der Waals surface area contributed by atoms with Crippen molar-refractivity contribution in [2.75, 3.05) is 0 Å². The van der Waals surface area contributed by atoms with Crippen molar-refractivity contribution in [3.63, 3.8) is 0 Å². The van der Waals surface area contributed by atoms with Gasteiger partial charge in [0.1, 0.15) is 12.9 Å². The minimum Gasteiger partial charge on any atom is -0.473 e. The second-order valence-electron chi connectivity index (χ2n) is 6.89. The number of rotatable bonds is 5. The average Bonchev–Trinajstić information content (AvgIpc) is 2.72. The van der Waals surface area contributed by atoms with Gasteiger partial charge in [0, 0.05) is 22.7 Å². The van der Waals surface area contributed by atoms with Crippen LogP contribution in [0.4, 0.5) is 0 Å². The van der Waals surface area contributed by atoms with Gasteiger partial charge in [0.05, 0.1) is 0 Å². The van der Waals surface area contributed by atoms with Crippen LogP contribution in [0.3, 0.4) is 0 Å². The molecule has 1 aliphatic carbocycles. The third kappa shape index (κ3) is 4.04. The molecule has 0 N–H and O–H groups in total. The second kappa shape index (κ2) is 7.93. The van der Waals surface area contributed by atoms with E-state index < -0.39 is 0 Å². The summed E-state index contributed by atoms with van der Waals surface area (Å²) in [6.45, 7) is 0.477. The molecular weight excluding hydrogens is 358 g/mol. The second-order valence-corrected chi connectivity index (χ2v) is 7.33. The minimum absolute atomic E-state index is 0.134. The highest BCUT2D eigenvalue weighted by molar-refractivity contribution is 6.30. The van der Waals surface area contributed by atoms with Crippen molar-refractivity contribution in [2.45, 2.75) is 31.3 Å². The molecule has 2 atom stereocenters. The van der Waals surface area contributed by atoms with E-state index in [2.05, 4.69) is 0 Å². The number of hydrogen-bond donors (Lipinski definition) is 0. The van der Waals surface area contributed by atoms with Gasteiger partial charge in [0.25, 0.3) is 0 Å². The number of aldehydes is 1. The summed E-state index contributed by atoms with van der Waals surface area (Å²) in [6.07, 6.45) is 2.63. The van der Waals surface area contributed by atoms with Gasteiger partial charge in [-0.05, 0) is 47.6 Å². The summed E-state index contributed by atoms with van der Waals surface area (Å²) in [5.74, 6) is 0.714. The average molecular weight is 378 g/mol. The summed E-state index contributed by atoms with van der Waals surface area (Å²) in [5.41, 5.74) is 4.25. The van der Waals surface area contributed by atoms with Crippen LogP contribution in [0.1, 0.15) is 40.6 Å². The number of carbonyl (C=O) groups excluding carboxylic acids is 1. The van der Waals surface area contributed by atoms with Gasteiger partial charge in [-0.15, -0.1) is 0 Å². The van der Waals surface area contributed by atoms with Gasteiger partial charge >= 0.3 is 0 Å². The van der Waals surface area contributed by atoms with Gasteiger partial charge in [-0.2, -0.15) is 0 Å². The van der Waals surface area contributed by atoms with Crippen LogP contribution in [-0.2, 0) is 17.8 Å². The molecule has 0 radical (unpaired) electrons. The molecule has 3 nitrogen and oxygen atoms in total. The van der Waals surface area contributed by atoms with Gasteiger partial charge in [-0.25, -0.2) is 4.98 Å². The lowest BCUT2D eigenvalue weighted by Crippen LogP contribution is -2.20. The monoisotopic (exact) mass is 377 g/mol. The van der Waals surface area contributed by atoms with E-state index in [0.29, 0.717) is 12.5 Å². The number of aromatic nitrogens is 1. The Kier molecular flexibility index (Phi) is 5.21. The molecule has 4 heteroatoms. The summed E-state index contributed by atoms with van der Waals surface area (Å²) in [6, 6.07) is 21.7. The number of ether oxygens (including phenoxy) is 1. The van der Waals surface area contributed by atoms with E-state index >= 15 is 0 Å². The number of carbonyl (C=O) groups is 1. The predicted molar refractivity (Wildman–Crippen MR) is 106 cm³/mol. The number of fused-ring (bicyclic) bond motifs is 1. The topological polar surface area (TPSA) is 39.2 Å². The third-order valence-electron chi connectivity index (χ3n) is 5.10. The largest absolute Gasteiger partial charge is 0.473 e. The number of benzene rings is 2. The first-order valence-electron chi connectivity index (χ1n) is 9.10. The lowest BCUT2D eigenvalue weighted by atomic mass is 9.77. The first kappa shape index (κ1) is 17.7. The van der Waals surface area contributed by atoms with Crippen molar-refractivity contribution in [1.82, 2.24) is 4.98 Å². The van der Waals surface area contributed by atoms with Crippen LogP contribution in [0.25, 0.3) is 0 Å². The summed E-state index contributed by atoms with van der Waals surface area (Å²) < 4.78 is 5.87. The molecular formula is C23H20ClNO2. The van der Waals surface area contributed by atoms with Crippen LogP contribution in [0, 0.1) is 0 Å². The van der Waals surface area contributed by atoms with Crippen molar-refractivity contribution >= 4 is 17.9 Å². The number of pyridine rings is 1. The van der Waals surface area contributed by atoms with Crippen LogP contribution >= 0.6 is 11.6 Å². The highest BCUT2D eigenvalue weighted by Gasteiger charge is 2.29. The van der Waals surface area contributed by atoms with E-state index in [9.17, 15) is 4.79 Å². The van der Waals surface area contributed by atoms with Gasteiger partial charge < -0.3 is 9.53 Å². The Labute approximate surface area is 164 Å². The normalized spacial score (nSPS) is 18.6. The van der Waals surface area contributed by atoms with Crippen molar-refractivity contribution in [1.29, 1.82) is 0 Å². The molecule has 3 aromatic rings. The van der Waals surface area contributed by atoms with Crippen molar-refractivity contribution in [2.24, 2.45) is 0 Å². The van der Waals surface area contributed by atoms with Crippen LogP contribution < -0.4 is 4.74 Å². The number of nitrogens with zero attached hydrogens (tertiary/aromatic N) is 1. The molecule has 0 fully saturated rings. The Bertz CT molecular complexity index is 925. The fraction of sp³-hybridized carbons (Fsp3) is 0.217. The minimum atomic E-state index is -0.134. The Hall–Kier alpha value is -2.65. The molecule has 0 spiro atoms. The number of hydrogen-bond acceptors (Lipinski definition) is 3. The maximum atomic E-state index is 11.7. The Balaban J connectivity index is 1.56. The summed E-state index contributed by atoms with van der Waals surface area (Å²) in [5, 5.41) is 0.719. The Morgan fingerprint density at radius 1 is 1.04 bits per heavy atom. The molecule has 1 aromatic heterocycles. The zero-order valence-corrected chi connectivity index (χ0v) is 15.6. The first-order chi connectivity index (χ1) is 13.2. The third-order valence-corrected chi connectivity index (χ3v) is 5.35. The van der Waals surface area contributed by atoms with E-state index in [1.807, 2.05) is 66.7 Å². The Morgan fingerprint density at radius 2 is 1.81 bits per heavy atom. The van der Waals surface area contributed by atoms with Gasteiger partial charge in [0.2, 0.25) is 5.88 Å².